The Morgan fingerprint density at radius 2 is 1.64 bits per heavy atom. The molecule has 2 aromatic rings. The summed E-state index contributed by atoms with van der Waals surface area (Å²) in [5.74, 6) is -0.199. The minimum atomic E-state index is -0.640. The number of aromatic hydroxyl groups is 1. The van der Waals surface area contributed by atoms with Crippen molar-refractivity contribution in [1.29, 1.82) is 0 Å². The fraction of sp³-hybridized carbons (Fsp3) is 0.464. The second kappa shape index (κ2) is 14.1. The van der Waals surface area contributed by atoms with Crippen LogP contribution in [0.15, 0.2) is 54.6 Å². The van der Waals surface area contributed by atoms with Gasteiger partial charge in [-0.1, -0.05) is 25.1 Å². The molecule has 0 radical (unpaired) electrons. The van der Waals surface area contributed by atoms with Crippen LogP contribution in [0.25, 0.3) is 0 Å². The van der Waals surface area contributed by atoms with Crippen LogP contribution in [0.4, 0.5) is 10.5 Å². The van der Waals surface area contributed by atoms with Crippen molar-refractivity contribution in [3.8, 4) is 5.75 Å². The van der Waals surface area contributed by atoms with Gasteiger partial charge in [-0.3, -0.25) is 9.59 Å². The van der Waals surface area contributed by atoms with Gasteiger partial charge in [0.25, 0.3) is 5.91 Å². The molecule has 196 valence electrons. The fourth-order valence-electron chi connectivity index (χ4n) is 3.56. The van der Waals surface area contributed by atoms with Gasteiger partial charge in [0.2, 0.25) is 5.91 Å². The van der Waals surface area contributed by atoms with Gasteiger partial charge in [0.1, 0.15) is 11.4 Å². The average Bonchev–Trinajstić information content (AvgIpc) is 2.83. The van der Waals surface area contributed by atoms with E-state index in [4.69, 9.17) is 4.74 Å². The van der Waals surface area contributed by atoms with Gasteiger partial charge in [-0.25, -0.2) is 4.79 Å². The highest BCUT2D eigenvalue weighted by Crippen LogP contribution is 2.15. The number of anilines is 1. The maximum atomic E-state index is 12.7. The molecule has 3 amide bonds. The summed E-state index contributed by atoms with van der Waals surface area (Å²) < 4.78 is 5.54. The molecule has 0 saturated carbocycles. The Kier molecular flexibility index (Phi) is 11.2. The standard InChI is InChI=1S/C28H39N3O5/c1-5-22(30-26(34)21-11-7-6-8-12-21)13-9-10-19-31(27(35)36-28(2,3)4)20-18-25(33)29-23-14-16-24(32)17-15-23/h6-8,11-12,14-17,22,32H,5,9-10,13,18-20H2,1-4H3,(H,29,33)(H,30,34). The number of nitrogens with zero attached hydrogens (tertiary/aromatic N) is 1. The summed E-state index contributed by atoms with van der Waals surface area (Å²) in [5.41, 5.74) is 0.570. The molecule has 0 heterocycles. The summed E-state index contributed by atoms with van der Waals surface area (Å²) in [7, 11) is 0. The Morgan fingerprint density at radius 1 is 0.972 bits per heavy atom. The van der Waals surface area contributed by atoms with Crippen molar-refractivity contribution in [2.24, 2.45) is 0 Å². The van der Waals surface area contributed by atoms with E-state index in [-0.39, 0.29) is 36.6 Å². The fourth-order valence-corrected chi connectivity index (χ4v) is 3.56. The maximum absolute atomic E-state index is 12.7. The highest BCUT2D eigenvalue weighted by molar-refractivity contribution is 5.94. The summed E-state index contributed by atoms with van der Waals surface area (Å²) in [6, 6.07) is 15.4. The third-order valence-electron chi connectivity index (χ3n) is 5.51. The van der Waals surface area contributed by atoms with Gasteiger partial charge in [-0.05, 0) is 82.9 Å². The van der Waals surface area contributed by atoms with Gasteiger partial charge in [-0.2, -0.15) is 0 Å². The largest absolute Gasteiger partial charge is 0.508 e. The number of benzene rings is 2. The topological polar surface area (TPSA) is 108 Å². The molecule has 1 atom stereocenters. The molecule has 0 aliphatic carbocycles. The van der Waals surface area contributed by atoms with Crippen molar-refractivity contribution in [2.45, 2.75) is 71.4 Å². The molecular formula is C28H39N3O5. The van der Waals surface area contributed by atoms with Crippen LogP contribution in [-0.2, 0) is 9.53 Å². The van der Waals surface area contributed by atoms with E-state index in [1.54, 1.807) is 29.2 Å². The van der Waals surface area contributed by atoms with Gasteiger partial charge in [-0.15, -0.1) is 0 Å². The summed E-state index contributed by atoms with van der Waals surface area (Å²) >= 11 is 0. The van der Waals surface area contributed by atoms with Gasteiger partial charge in [0.15, 0.2) is 0 Å². The number of ether oxygens (including phenoxy) is 1. The first-order chi connectivity index (χ1) is 17.1. The van der Waals surface area contributed by atoms with Crippen LogP contribution in [0.5, 0.6) is 5.75 Å². The zero-order valence-electron chi connectivity index (χ0n) is 21.8. The van der Waals surface area contributed by atoms with Crippen LogP contribution in [0.3, 0.4) is 0 Å². The molecule has 2 aromatic carbocycles. The monoisotopic (exact) mass is 497 g/mol. The molecular weight excluding hydrogens is 458 g/mol. The van der Waals surface area contributed by atoms with Crippen molar-refractivity contribution in [3.05, 3.63) is 60.2 Å². The zero-order chi connectivity index (χ0) is 26.6. The van der Waals surface area contributed by atoms with Crippen LogP contribution >= 0.6 is 0 Å². The molecule has 0 aliphatic heterocycles. The van der Waals surface area contributed by atoms with Gasteiger partial charge in [0.05, 0.1) is 0 Å². The van der Waals surface area contributed by atoms with Crippen LogP contribution in [0.2, 0.25) is 0 Å². The minimum Gasteiger partial charge on any atom is -0.508 e. The zero-order valence-corrected chi connectivity index (χ0v) is 21.8. The number of amides is 3. The number of phenolic OH excluding ortho intramolecular Hbond substituents is 1. The van der Waals surface area contributed by atoms with Crippen LogP contribution in [0.1, 0.15) is 70.2 Å². The third-order valence-corrected chi connectivity index (χ3v) is 5.51. The summed E-state index contributed by atoms with van der Waals surface area (Å²) in [6.45, 7) is 8.13. The van der Waals surface area contributed by atoms with Gasteiger partial charge >= 0.3 is 6.09 Å². The molecule has 0 aliphatic rings. The minimum absolute atomic E-state index is 0.0452. The summed E-state index contributed by atoms with van der Waals surface area (Å²) in [4.78, 5) is 39.1. The normalized spacial score (nSPS) is 11.9. The highest BCUT2D eigenvalue weighted by Gasteiger charge is 2.22. The van der Waals surface area contributed by atoms with Crippen LogP contribution in [0, 0.1) is 0 Å². The van der Waals surface area contributed by atoms with Gasteiger partial charge < -0.3 is 25.4 Å². The van der Waals surface area contributed by atoms with E-state index in [1.165, 1.54) is 12.1 Å². The van der Waals surface area contributed by atoms with Crippen molar-refractivity contribution in [2.75, 3.05) is 18.4 Å². The number of nitrogens with one attached hydrogen (secondary N) is 2. The quantitative estimate of drug-likeness (QED) is 0.271. The lowest BCUT2D eigenvalue weighted by molar-refractivity contribution is -0.116. The van der Waals surface area contributed by atoms with Crippen molar-refractivity contribution >= 4 is 23.6 Å². The lowest BCUT2D eigenvalue weighted by atomic mass is 10.1. The molecule has 0 aromatic heterocycles. The van der Waals surface area contributed by atoms with E-state index in [2.05, 4.69) is 10.6 Å². The lowest BCUT2D eigenvalue weighted by Gasteiger charge is -2.27. The Balaban J connectivity index is 1.85. The number of phenols is 1. The Morgan fingerprint density at radius 3 is 2.25 bits per heavy atom. The van der Waals surface area contributed by atoms with E-state index in [0.29, 0.717) is 17.8 Å². The number of unbranched alkanes of at least 4 members (excludes halogenated alkanes) is 1. The molecule has 0 spiro atoms. The molecule has 36 heavy (non-hydrogen) atoms. The highest BCUT2D eigenvalue weighted by atomic mass is 16.6. The molecule has 8 nitrogen and oxygen atoms in total. The third kappa shape index (κ3) is 10.8. The first-order valence-electron chi connectivity index (χ1n) is 12.5. The Bertz CT molecular complexity index is 971. The van der Waals surface area contributed by atoms with E-state index in [0.717, 1.165) is 25.7 Å². The molecule has 1 unspecified atom stereocenters. The lowest BCUT2D eigenvalue weighted by Crippen LogP contribution is -2.39. The number of carbonyl (C=O) groups is 3. The number of hydrogen-bond donors (Lipinski definition) is 3. The van der Waals surface area contributed by atoms with E-state index in [1.807, 2.05) is 45.9 Å². The van der Waals surface area contributed by atoms with Crippen molar-refractivity contribution < 1.29 is 24.2 Å². The molecule has 0 saturated heterocycles. The van der Waals surface area contributed by atoms with Crippen LogP contribution < -0.4 is 10.6 Å². The second-order valence-electron chi connectivity index (χ2n) is 9.75. The van der Waals surface area contributed by atoms with E-state index in [9.17, 15) is 19.5 Å². The Hall–Kier alpha value is -3.55. The second-order valence-corrected chi connectivity index (χ2v) is 9.75. The molecule has 2 rings (SSSR count). The first kappa shape index (κ1) is 28.7. The average molecular weight is 498 g/mol. The molecule has 0 bridgehead atoms. The molecule has 3 N–H and O–H groups in total. The number of carbonyl (C=O) groups excluding carboxylic acids is 3. The van der Waals surface area contributed by atoms with Crippen molar-refractivity contribution in [3.63, 3.8) is 0 Å². The SMILES string of the molecule is CCC(CCCCN(CCC(=O)Nc1ccc(O)cc1)C(=O)OC(C)(C)C)NC(=O)c1ccccc1. The first-order valence-corrected chi connectivity index (χ1v) is 12.5. The predicted molar refractivity (Wildman–Crippen MR) is 141 cm³/mol. The maximum Gasteiger partial charge on any atom is 0.410 e. The smallest absolute Gasteiger partial charge is 0.410 e. The summed E-state index contributed by atoms with van der Waals surface area (Å²) in [6.07, 6.45) is 2.79. The summed E-state index contributed by atoms with van der Waals surface area (Å²) in [5, 5.41) is 15.2. The van der Waals surface area contributed by atoms with Crippen LogP contribution in [-0.4, -0.2) is 52.6 Å². The number of hydrogen-bond acceptors (Lipinski definition) is 5. The Labute approximate surface area is 214 Å². The van der Waals surface area contributed by atoms with E-state index >= 15 is 0 Å². The predicted octanol–water partition coefficient (Wildman–Crippen LogP) is 5.34. The van der Waals surface area contributed by atoms with Crippen molar-refractivity contribution in [1.82, 2.24) is 10.2 Å². The van der Waals surface area contributed by atoms with E-state index < -0.39 is 11.7 Å². The van der Waals surface area contributed by atoms with Gasteiger partial charge in [0, 0.05) is 36.8 Å². The molecule has 8 heteroatoms. The molecule has 0 fully saturated rings. The number of rotatable bonds is 12.